The number of halogens is 2. The van der Waals surface area contributed by atoms with E-state index in [1.807, 2.05) is 0 Å². The Morgan fingerprint density at radius 3 is 1.24 bits per heavy atom. The van der Waals surface area contributed by atoms with Gasteiger partial charge in [-0.1, -0.05) is 56.1 Å². The summed E-state index contributed by atoms with van der Waals surface area (Å²) in [4.78, 5) is 0. The van der Waals surface area contributed by atoms with Gasteiger partial charge >= 0.3 is 14.2 Å². The molecular weight excluding hydrogens is 658 g/mol. The zero-order valence-electron chi connectivity index (χ0n) is 23.6. The van der Waals surface area contributed by atoms with E-state index in [2.05, 4.69) is 126 Å². The first-order valence-corrected chi connectivity index (χ1v) is 16.7. The first-order chi connectivity index (χ1) is 20.7. The van der Waals surface area contributed by atoms with Crippen LogP contribution in [0.2, 0.25) is 0 Å². The Hall–Kier alpha value is -2.33. The van der Waals surface area contributed by atoms with E-state index in [0.29, 0.717) is 0 Å². The lowest BCUT2D eigenvalue weighted by molar-refractivity contribution is -0.688. The van der Waals surface area contributed by atoms with Gasteiger partial charge in [-0.05, 0) is 58.2 Å². The highest BCUT2D eigenvalue weighted by Crippen LogP contribution is 2.17. The maximum atomic E-state index is 5.86. The molecule has 0 amide bonds. The summed E-state index contributed by atoms with van der Waals surface area (Å²) in [6.45, 7) is 4.52. The Morgan fingerprint density at radius 2 is 0.881 bits per heavy atom. The van der Waals surface area contributed by atoms with Crippen molar-refractivity contribution in [1.82, 2.24) is 0 Å². The number of hydrogen-bond donors (Lipinski definition) is 0. The standard InChI is InChI=1S/C32H34B2Br2N2O4/c35-21-25-15-27(19-31(17-25)33-39-11-1-12-40-33)23-37-7-3-29(4-8-37)30-5-9-38(10-6-30)24-28-16-26(22-36)18-32(20-28)34-41-13-2-14-42-34/h3-10,15-20H,1-2,11-14,21-24H2/q+2. The molecule has 2 saturated heterocycles. The van der Waals surface area contributed by atoms with Crippen molar-refractivity contribution in [3.63, 3.8) is 0 Å². The number of aromatic nitrogens is 2. The first kappa shape index (κ1) is 29.7. The largest absolute Gasteiger partial charge is 0.493 e. The van der Waals surface area contributed by atoms with Gasteiger partial charge in [0.05, 0.1) is 0 Å². The molecule has 2 fully saturated rings. The van der Waals surface area contributed by atoms with Crippen LogP contribution < -0.4 is 20.1 Å². The molecule has 2 aromatic carbocycles. The second-order valence-corrected chi connectivity index (χ2v) is 11.9. The highest BCUT2D eigenvalue weighted by atomic mass is 79.9. The number of alkyl halides is 2. The first-order valence-electron chi connectivity index (χ1n) is 14.5. The lowest BCUT2D eigenvalue weighted by atomic mass is 9.76. The van der Waals surface area contributed by atoms with Crippen LogP contribution in [-0.4, -0.2) is 40.7 Å². The normalized spacial score (nSPS) is 15.7. The molecule has 4 heterocycles. The highest BCUT2D eigenvalue weighted by Gasteiger charge is 2.26. The van der Waals surface area contributed by atoms with Crippen molar-refractivity contribution < 1.29 is 27.8 Å². The monoisotopic (exact) mass is 690 g/mol. The molecule has 2 aliphatic rings. The molecule has 0 aliphatic carbocycles. The van der Waals surface area contributed by atoms with E-state index in [1.54, 1.807) is 0 Å². The van der Waals surface area contributed by atoms with E-state index < -0.39 is 0 Å². The summed E-state index contributed by atoms with van der Waals surface area (Å²) in [7, 11) is -0.555. The molecule has 0 bridgehead atoms. The summed E-state index contributed by atoms with van der Waals surface area (Å²) in [6.07, 6.45) is 10.5. The van der Waals surface area contributed by atoms with Crippen LogP contribution in [0, 0.1) is 0 Å². The number of nitrogens with zero attached hydrogens (tertiary/aromatic N) is 2. The highest BCUT2D eigenvalue weighted by molar-refractivity contribution is 9.08. The van der Waals surface area contributed by atoms with Gasteiger partial charge in [0.1, 0.15) is 0 Å². The molecule has 0 spiro atoms. The molecule has 10 heteroatoms. The van der Waals surface area contributed by atoms with Crippen LogP contribution in [0.5, 0.6) is 0 Å². The average Bonchev–Trinajstić information content (AvgIpc) is 3.06. The molecular formula is C32H34B2Br2N2O4+2. The van der Waals surface area contributed by atoms with Crippen molar-refractivity contribution in [2.24, 2.45) is 0 Å². The number of pyridine rings is 2. The fourth-order valence-corrected chi connectivity index (χ4v) is 6.13. The third-order valence-electron chi connectivity index (χ3n) is 7.50. The van der Waals surface area contributed by atoms with Gasteiger partial charge in [0.25, 0.3) is 0 Å². The summed E-state index contributed by atoms with van der Waals surface area (Å²) in [5, 5.41) is 1.59. The van der Waals surface area contributed by atoms with E-state index in [-0.39, 0.29) is 14.2 Å². The topological polar surface area (TPSA) is 44.7 Å². The number of benzene rings is 2. The van der Waals surface area contributed by atoms with Crippen LogP contribution in [0.1, 0.15) is 35.1 Å². The predicted molar refractivity (Wildman–Crippen MR) is 172 cm³/mol. The van der Waals surface area contributed by atoms with E-state index in [9.17, 15) is 0 Å². The van der Waals surface area contributed by atoms with Crippen molar-refractivity contribution >= 4 is 57.0 Å². The zero-order chi connectivity index (χ0) is 28.7. The quantitative estimate of drug-likeness (QED) is 0.151. The van der Waals surface area contributed by atoms with E-state index >= 15 is 0 Å². The molecule has 6 nitrogen and oxygen atoms in total. The second kappa shape index (κ2) is 14.4. The predicted octanol–water partition coefficient (Wildman–Crippen LogP) is 4.08. The van der Waals surface area contributed by atoms with E-state index in [4.69, 9.17) is 18.6 Å². The third-order valence-corrected chi connectivity index (χ3v) is 8.80. The third kappa shape index (κ3) is 7.59. The number of rotatable bonds is 9. The summed E-state index contributed by atoms with van der Waals surface area (Å²) in [6, 6.07) is 21.9. The lowest BCUT2D eigenvalue weighted by Gasteiger charge is -2.20. The van der Waals surface area contributed by atoms with Crippen molar-refractivity contribution in [1.29, 1.82) is 0 Å². The van der Waals surface area contributed by atoms with Gasteiger partial charge in [0.15, 0.2) is 37.9 Å². The van der Waals surface area contributed by atoms with Crippen LogP contribution >= 0.6 is 31.9 Å². The average molecular weight is 692 g/mol. The Labute approximate surface area is 265 Å². The van der Waals surface area contributed by atoms with E-state index in [0.717, 1.165) is 73.9 Å². The van der Waals surface area contributed by atoms with Gasteiger partial charge in [-0.25, -0.2) is 9.13 Å². The van der Waals surface area contributed by atoms with Gasteiger partial charge in [0.2, 0.25) is 0 Å². The zero-order valence-corrected chi connectivity index (χ0v) is 26.8. The van der Waals surface area contributed by atoms with Crippen LogP contribution in [0.3, 0.4) is 0 Å². The molecule has 0 atom stereocenters. The summed E-state index contributed by atoms with van der Waals surface area (Å²) in [5.41, 5.74) is 9.45. The number of hydrogen-bond acceptors (Lipinski definition) is 4. The molecule has 0 unspecified atom stereocenters. The van der Waals surface area contributed by atoms with Crippen molar-refractivity contribution in [3.05, 3.63) is 108 Å². The van der Waals surface area contributed by atoms with Crippen LogP contribution in [0.25, 0.3) is 11.1 Å². The summed E-state index contributed by atoms with van der Waals surface area (Å²) >= 11 is 7.24. The maximum Gasteiger partial charge on any atom is 0.493 e. The minimum atomic E-state index is -0.278. The molecule has 2 aromatic heterocycles. The van der Waals surface area contributed by atoms with Gasteiger partial charge in [0, 0.05) is 72.5 Å². The van der Waals surface area contributed by atoms with Crippen LogP contribution in [0.15, 0.2) is 85.5 Å². The van der Waals surface area contributed by atoms with E-state index in [1.165, 1.54) is 33.4 Å². The Bertz CT molecular complexity index is 1370. The van der Waals surface area contributed by atoms with Gasteiger partial charge in [-0.3, -0.25) is 0 Å². The molecule has 2 aliphatic heterocycles. The second-order valence-electron chi connectivity index (χ2n) is 10.8. The van der Waals surface area contributed by atoms with Crippen molar-refractivity contribution in [3.8, 4) is 11.1 Å². The summed E-state index contributed by atoms with van der Waals surface area (Å²) in [5.74, 6) is 0. The minimum Gasteiger partial charge on any atom is -0.407 e. The fourth-order valence-electron chi connectivity index (χ4n) is 5.48. The molecule has 0 saturated carbocycles. The molecule has 42 heavy (non-hydrogen) atoms. The minimum absolute atomic E-state index is 0.278. The smallest absolute Gasteiger partial charge is 0.407 e. The van der Waals surface area contributed by atoms with Crippen molar-refractivity contribution in [2.45, 2.75) is 36.6 Å². The van der Waals surface area contributed by atoms with Crippen LogP contribution in [-0.2, 0) is 42.4 Å². The Kier molecular flexibility index (Phi) is 10.2. The maximum absolute atomic E-state index is 5.86. The Balaban J connectivity index is 1.13. The Morgan fingerprint density at radius 1 is 0.524 bits per heavy atom. The fraction of sp³-hybridized carbons (Fsp3) is 0.312. The molecule has 4 aromatic rings. The van der Waals surface area contributed by atoms with Gasteiger partial charge in [-0.15, -0.1) is 0 Å². The lowest BCUT2D eigenvalue weighted by Crippen LogP contribution is -2.42. The summed E-state index contributed by atoms with van der Waals surface area (Å²) < 4.78 is 27.8. The van der Waals surface area contributed by atoms with Crippen molar-refractivity contribution in [2.75, 3.05) is 26.4 Å². The molecule has 0 N–H and O–H groups in total. The molecule has 0 radical (unpaired) electrons. The van der Waals surface area contributed by atoms with Gasteiger partial charge < -0.3 is 18.6 Å². The van der Waals surface area contributed by atoms with Gasteiger partial charge in [-0.2, -0.15) is 0 Å². The molecule has 6 rings (SSSR count). The SMILES string of the molecule is BrCc1cc(C[n+]2ccc(-c3cc[n+](Cc4cc(CBr)cc(B5OCCCO5)c4)cc3)cc2)cc(B2OCCCO2)c1. The van der Waals surface area contributed by atoms with Crippen LogP contribution in [0.4, 0.5) is 0 Å². The molecule has 214 valence electrons.